The van der Waals surface area contributed by atoms with E-state index in [1.165, 1.54) is 6.33 Å². The molecule has 0 bridgehead atoms. The fourth-order valence-corrected chi connectivity index (χ4v) is 1.51. The molecule has 0 unspecified atom stereocenters. The molecule has 0 aliphatic heterocycles. The Balaban J connectivity index is 2.86. The average Bonchev–Trinajstić information content (AvgIpc) is 2.15. The number of primary amides is 1. The van der Waals surface area contributed by atoms with Crippen LogP contribution < -0.4 is 10.6 Å². The fourth-order valence-electron chi connectivity index (χ4n) is 1.37. The minimum absolute atomic E-state index is 0.130. The third-order valence-corrected chi connectivity index (χ3v) is 2.08. The Labute approximate surface area is 99.6 Å². The topological polar surface area (TPSA) is 72.1 Å². The number of halogens is 1. The number of aromatic nitrogens is 2. The van der Waals surface area contributed by atoms with Crippen LogP contribution in [0.1, 0.15) is 13.8 Å². The lowest BCUT2D eigenvalue weighted by molar-refractivity contribution is -0.116. The van der Waals surface area contributed by atoms with Crippen LogP contribution in [0.15, 0.2) is 12.4 Å². The lowest BCUT2D eigenvalue weighted by Gasteiger charge is -2.23. The number of anilines is 1. The van der Waals surface area contributed by atoms with Crippen molar-refractivity contribution in [2.24, 2.45) is 11.7 Å². The standard InChI is InChI=1S/C10H15ClN4O/c1-7(2)4-15(5-9(12)16)10-3-8(11)13-6-14-10/h3,6-7H,4-5H2,1-2H3,(H2,12,16). The van der Waals surface area contributed by atoms with Crippen LogP contribution >= 0.6 is 11.6 Å². The number of rotatable bonds is 5. The van der Waals surface area contributed by atoms with Gasteiger partial charge in [0, 0.05) is 12.6 Å². The van der Waals surface area contributed by atoms with Crippen LogP contribution in [0.2, 0.25) is 5.15 Å². The summed E-state index contributed by atoms with van der Waals surface area (Å²) in [6.07, 6.45) is 1.37. The smallest absolute Gasteiger partial charge is 0.236 e. The van der Waals surface area contributed by atoms with E-state index in [0.29, 0.717) is 23.4 Å². The van der Waals surface area contributed by atoms with E-state index in [9.17, 15) is 4.79 Å². The van der Waals surface area contributed by atoms with E-state index >= 15 is 0 Å². The Bertz CT molecular complexity index is 370. The summed E-state index contributed by atoms with van der Waals surface area (Å²) in [6.45, 7) is 4.93. The Kier molecular flexibility index (Phi) is 4.49. The Morgan fingerprint density at radius 1 is 1.56 bits per heavy atom. The van der Waals surface area contributed by atoms with Crippen molar-refractivity contribution < 1.29 is 4.79 Å². The predicted molar refractivity (Wildman–Crippen MR) is 63.3 cm³/mol. The second-order valence-corrected chi connectivity index (χ2v) is 4.33. The fraction of sp³-hybridized carbons (Fsp3) is 0.500. The molecule has 0 saturated carbocycles. The van der Waals surface area contributed by atoms with Crippen molar-refractivity contribution in [2.45, 2.75) is 13.8 Å². The number of hydrogen-bond donors (Lipinski definition) is 1. The molecule has 0 fully saturated rings. The Hall–Kier alpha value is -1.36. The third kappa shape index (κ3) is 4.02. The zero-order chi connectivity index (χ0) is 12.1. The van der Waals surface area contributed by atoms with E-state index in [0.717, 1.165) is 0 Å². The second-order valence-electron chi connectivity index (χ2n) is 3.94. The summed E-state index contributed by atoms with van der Waals surface area (Å²) in [6, 6.07) is 1.62. The number of hydrogen-bond acceptors (Lipinski definition) is 4. The molecule has 6 heteroatoms. The molecule has 5 nitrogen and oxygen atoms in total. The minimum atomic E-state index is -0.393. The van der Waals surface area contributed by atoms with Gasteiger partial charge in [0.05, 0.1) is 6.54 Å². The van der Waals surface area contributed by atoms with Crippen LogP contribution in [-0.4, -0.2) is 29.0 Å². The third-order valence-electron chi connectivity index (χ3n) is 1.88. The number of carbonyl (C=O) groups excluding carboxylic acids is 1. The van der Waals surface area contributed by atoms with Gasteiger partial charge in [0.1, 0.15) is 17.3 Å². The highest BCUT2D eigenvalue weighted by atomic mass is 35.5. The van der Waals surface area contributed by atoms with Crippen molar-refractivity contribution in [3.05, 3.63) is 17.5 Å². The normalized spacial score (nSPS) is 10.5. The lowest BCUT2D eigenvalue weighted by Crippen LogP contribution is -2.36. The number of amides is 1. The van der Waals surface area contributed by atoms with E-state index in [-0.39, 0.29) is 6.54 Å². The van der Waals surface area contributed by atoms with Gasteiger partial charge < -0.3 is 10.6 Å². The first-order valence-electron chi connectivity index (χ1n) is 5.00. The molecule has 0 radical (unpaired) electrons. The zero-order valence-electron chi connectivity index (χ0n) is 9.35. The summed E-state index contributed by atoms with van der Waals surface area (Å²) < 4.78 is 0. The molecule has 1 amide bonds. The highest BCUT2D eigenvalue weighted by Crippen LogP contribution is 2.15. The Morgan fingerprint density at radius 2 is 2.25 bits per heavy atom. The van der Waals surface area contributed by atoms with Gasteiger partial charge in [-0.15, -0.1) is 0 Å². The van der Waals surface area contributed by atoms with Gasteiger partial charge in [-0.3, -0.25) is 4.79 Å². The van der Waals surface area contributed by atoms with Crippen LogP contribution in [-0.2, 0) is 4.79 Å². The minimum Gasteiger partial charge on any atom is -0.368 e. The van der Waals surface area contributed by atoms with E-state index in [2.05, 4.69) is 23.8 Å². The summed E-state index contributed by atoms with van der Waals surface area (Å²) in [4.78, 5) is 20.6. The number of carbonyl (C=O) groups is 1. The van der Waals surface area contributed by atoms with Gasteiger partial charge in [-0.2, -0.15) is 0 Å². The molecule has 0 aliphatic rings. The van der Waals surface area contributed by atoms with Crippen LogP contribution in [0, 0.1) is 5.92 Å². The van der Waals surface area contributed by atoms with Gasteiger partial charge in [0.15, 0.2) is 0 Å². The predicted octanol–water partition coefficient (Wildman–Crippen LogP) is 1.08. The summed E-state index contributed by atoms with van der Waals surface area (Å²) in [5.41, 5.74) is 5.19. The van der Waals surface area contributed by atoms with E-state index < -0.39 is 5.91 Å². The second kappa shape index (κ2) is 5.65. The SMILES string of the molecule is CC(C)CN(CC(N)=O)c1cc(Cl)ncn1. The summed E-state index contributed by atoms with van der Waals surface area (Å²) in [5, 5.41) is 0.350. The van der Waals surface area contributed by atoms with Gasteiger partial charge in [-0.25, -0.2) is 9.97 Å². The summed E-state index contributed by atoms with van der Waals surface area (Å²) >= 11 is 5.77. The molecular weight excluding hydrogens is 228 g/mol. The van der Waals surface area contributed by atoms with E-state index in [1.807, 2.05) is 0 Å². The monoisotopic (exact) mass is 242 g/mol. The molecule has 88 valence electrons. The average molecular weight is 243 g/mol. The van der Waals surface area contributed by atoms with Crippen LogP contribution in [0.4, 0.5) is 5.82 Å². The summed E-state index contributed by atoms with van der Waals surface area (Å²) in [5.74, 6) is 0.621. The summed E-state index contributed by atoms with van der Waals surface area (Å²) in [7, 11) is 0. The van der Waals surface area contributed by atoms with Gasteiger partial charge in [0.25, 0.3) is 0 Å². The van der Waals surface area contributed by atoms with Crippen molar-refractivity contribution in [3.8, 4) is 0 Å². The highest BCUT2D eigenvalue weighted by Gasteiger charge is 2.12. The molecule has 1 aromatic heterocycles. The first kappa shape index (κ1) is 12.7. The van der Waals surface area contributed by atoms with Gasteiger partial charge >= 0.3 is 0 Å². The van der Waals surface area contributed by atoms with Crippen molar-refractivity contribution in [2.75, 3.05) is 18.0 Å². The molecule has 16 heavy (non-hydrogen) atoms. The number of nitrogens with two attached hydrogens (primary N) is 1. The maximum atomic E-state index is 11.0. The lowest BCUT2D eigenvalue weighted by atomic mass is 10.2. The molecule has 0 spiro atoms. The first-order chi connectivity index (χ1) is 7.49. The quantitative estimate of drug-likeness (QED) is 0.785. The van der Waals surface area contributed by atoms with Crippen molar-refractivity contribution in [1.29, 1.82) is 0 Å². The van der Waals surface area contributed by atoms with E-state index in [1.54, 1.807) is 11.0 Å². The van der Waals surface area contributed by atoms with Crippen molar-refractivity contribution in [3.63, 3.8) is 0 Å². The molecule has 0 aromatic carbocycles. The van der Waals surface area contributed by atoms with Crippen LogP contribution in [0.3, 0.4) is 0 Å². The van der Waals surface area contributed by atoms with Crippen LogP contribution in [0.5, 0.6) is 0 Å². The molecule has 0 aliphatic carbocycles. The van der Waals surface area contributed by atoms with Gasteiger partial charge in [-0.05, 0) is 5.92 Å². The van der Waals surface area contributed by atoms with Gasteiger partial charge in [-0.1, -0.05) is 25.4 Å². The maximum Gasteiger partial charge on any atom is 0.236 e. The van der Waals surface area contributed by atoms with Gasteiger partial charge in [0.2, 0.25) is 5.91 Å². The Morgan fingerprint density at radius 3 is 2.75 bits per heavy atom. The largest absolute Gasteiger partial charge is 0.368 e. The zero-order valence-corrected chi connectivity index (χ0v) is 10.1. The first-order valence-corrected chi connectivity index (χ1v) is 5.37. The molecule has 0 atom stereocenters. The molecule has 2 N–H and O–H groups in total. The number of nitrogens with zero attached hydrogens (tertiary/aromatic N) is 3. The van der Waals surface area contributed by atoms with Crippen molar-refractivity contribution >= 4 is 23.3 Å². The van der Waals surface area contributed by atoms with E-state index in [4.69, 9.17) is 17.3 Å². The molecule has 1 heterocycles. The molecular formula is C10H15ClN4O. The molecule has 1 aromatic rings. The molecule has 0 saturated heterocycles. The molecule has 1 rings (SSSR count). The van der Waals surface area contributed by atoms with Crippen LogP contribution in [0.25, 0.3) is 0 Å². The van der Waals surface area contributed by atoms with Crippen molar-refractivity contribution in [1.82, 2.24) is 9.97 Å². The highest BCUT2D eigenvalue weighted by molar-refractivity contribution is 6.29. The maximum absolute atomic E-state index is 11.0.